The monoisotopic (exact) mass is 491 g/mol. The number of carbonyl (C=O) groups is 2. The van der Waals surface area contributed by atoms with Gasteiger partial charge in [-0.25, -0.2) is 0 Å². The second-order valence-electron chi connectivity index (χ2n) is 9.41. The number of carbonyl (C=O) groups excluding carboxylic acids is 2. The minimum absolute atomic E-state index is 0.0130. The van der Waals surface area contributed by atoms with Crippen LogP contribution in [0.2, 0.25) is 0 Å². The quantitative estimate of drug-likeness (QED) is 0.481. The van der Waals surface area contributed by atoms with E-state index in [4.69, 9.17) is 14.2 Å². The van der Waals surface area contributed by atoms with Gasteiger partial charge in [0.2, 0.25) is 17.6 Å². The summed E-state index contributed by atoms with van der Waals surface area (Å²) in [6.45, 7) is 2.83. The van der Waals surface area contributed by atoms with Crippen LogP contribution in [-0.4, -0.2) is 67.1 Å². The SMILES string of the molecule is CCCCCN1CC(=O)N2C(c3cc(OC)c(OC)c(OC)c3)c3[nH]c4ccccc4c3C[C@H]2C1=O. The molecule has 3 aromatic rings. The highest BCUT2D eigenvalue weighted by Crippen LogP contribution is 2.47. The predicted molar refractivity (Wildman–Crippen MR) is 137 cm³/mol. The number of nitrogens with zero attached hydrogens (tertiary/aromatic N) is 2. The minimum Gasteiger partial charge on any atom is -0.493 e. The van der Waals surface area contributed by atoms with E-state index in [0.29, 0.717) is 30.2 Å². The van der Waals surface area contributed by atoms with Crippen LogP contribution in [0.1, 0.15) is 49.0 Å². The molecule has 1 saturated heterocycles. The average molecular weight is 492 g/mol. The van der Waals surface area contributed by atoms with Crippen LogP contribution >= 0.6 is 0 Å². The number of aromatic nitrogens is 1. The fraction of sp³-hybridized carbons (Fsp3) is 0.429. The lowest BCUT2D eigenvalue weighted by Crippen LogP contribution is -2.63. The van der Waals surface area contributed by atoms with Gasteiger partial charge in [0.15, 0.2) is 11.5 Å². The van der Waals surface area contributed by atoms with Crippen molar-refractivity contribution >= 4 is 22.7 Å². The molecule has 2 amide bonds. The van der Waals surface area contributed by atoms with Crippen LogP contribution in [0, 0.1) is 0 Å². The maximum Gasteiger partial charge on any atom is 0.246 e. The summed E-state index contributed by atoms with van der Waals surface area (Å²) < 4.78 is 16.8. The van der Waals surface area contributed by atoms with E-state index >= 15 is 0 Å². The molecular formula is C28H33N3O5. The van der Waals surface area contributed by atoms with Gasteiger partial charge in [-0.1, -0.05) is 38.0 Å². The first kappa shape index (κ1) is 24.0. The van der Waals surface area contributed by atoms with Gasteiger partial charge in [0, 0.05) is 29.6 Å². The molecule has 0 spiro atoms. The van der Waals surface area contributed by atoms with Gasteiger partial charge >= 0.3 is 0 Å². The summed E-state index contributed by atoms with van der Waals surface area (Å²) in [5.74, 6) is 1.45. The molecule has 1 N–H and O–H groups in total. The van der Waals surface area contributed by atoms with Gasteiger partial charge in [0.05, 0.1) is 33.9 Å². The Morgan fingerprint density at radius 1 is 1.00 bits per heavy atom. The molecule has 0 radical (unpaired) electrons. The Labute approximate surface area is 211 Å². The molecule has 8 heteroatoms. The number of rotatable bonds is 8. The van der Waals surface area contributed by atoms with E-state index in [-0.39, 0.29) is 18.4 Å². The molecular weight excluding hydrogens is 458 g/mol. The highest BCUT2D eigenvalue weighted by Gasteiger charge is 2.48. The van der Waals surface area contributed by atoms with Gasteiger partial charge in [0.1, 0.15) is 6.04 Å². The topological polar surface area (TPSA) is 84.1 Å². The van der Waals surface area contributed by atoms with Gasteiger partial charge in [-0.05, 0) is 35.7 Å². The number of hydrogen-bond donors (Lipinski definition) is 1. The van der Waals surface area contributed by atoms with E-state index in [2.05, 4.69) is 18.0 Å². The Morgan fingerprint density at radius 2 is 1.72 bits per heavy atom. The van der Waals surface area contributed by atoms with E-state index in [1.54, 1.807) is 31.1 Å². The second-order valence-corrected chi connectivity index (χ2v) is 9.41. The zero-order valence-corrected chi connectivity index (χ0v) is 21.3. The van der Waals surface area contributed by atoms with Crippen molar-refractivity contribution in [2.24, 2.45) is 0 Å². The Balaban J connectivity index is 1.67. The molecule has 190 valence electrons. The van der Waals surface area contributed by atoms with Crippen molar-refractivity contribution in [3.63, 3.8) is 0 Å². The maximum absolute atomic E-state index is 13.7. The van der Waals surface area contributed by atoms with Crippen LogP contribution in [0.25, 0.3) is 10.9 Å². The number of piperazine rings is 1. The van der Waals surface area contributed by atoms with Gasteiger partial charge in [-0.2, -0.15) is 0 Å². The predicted octanol–water partition coefficient (Wildman–Crippen LogP) is 4.07. The number of para-hydroxylation sites is 1. The molecule has 2 atom stereocenters. The van der Waals surface area contributed by atoms with Gasteiger partial charge in [0.25, 0.3) is 0 Å². The molecule has 8 nitrogen and oxygen atoms in total. The van der Waals surface area contributed by atoms with E-state index in [1.807, 2.05) is 30.3 Å². The van der Waals surface area contributed by atoms with Crippen LogP contribution in [0.15, 0.2) is 36.4 Å². The highest BCUT2D eigenvalue weighted by atomic mass is 16.5. The summed E-state index contributed by atoms with van der Waals surface area (Å²) in [4.78, 5) is 34.5. The van der Waals surface area contributed by atoms with Crippen LogP contribution in [0.4, 0.5) is 0 Å². The van der Waals surface area contributed by atoms with Crippen molar-refractivity contribution in [1.29, 1.82) is 0 Å². The number of aromatic amines is 1. The number of benzene rings is 2. The normalized spacial score (nSPS) is 19.3. The first-order valence-electron chi connectivity index (χ1n) is 12.5. The van der Waals surface area contributed by atoms with Crippen molar-refractivity contribution in [2.45, 2.75) is 44.7 Å². The fourth-order valence-corrected chi connectivity index (χ4v) is 5.67. The first-order valence-corrected chi connectivity index (χ1v) is 12.5. The lowest BCUT2D eigenvalue weighted by atomic mass is 9.86. The number of hydrogen-bond acceptors (Lipinski definition) is 5. The van der Waals surface area contributed by atoms with Crippen LogP contribution in [0.3, 0.4) is 0 Å². The molecule has 2 aromatic carbocycles. The zero-order chi connectivity index (χ0) is 25.4. The number of amides is 2. The molecule has 5 rings (SSSR count). The Hall–Kier alpha value is -3.68. The number of ether oxygens (including phenoxy) is 3. The van der Waals surface area contributed by atoms with Gasteiger partial charge in [-0.3, -0.25) is 9.59 Å². The van der Waals surface area contributed by atoms with Crippen molar-refractivity contribution in [2.75, 3.05) is 34.4 Å². The molecule has 1 aromatic heterocycles. The van der Waals surface area contributed by atoms with E-state index in [0.717, 1.165) is 47.0 Å². The summed E-state index contributed by atoms with van der Waals surface area (Å²) in [5, 5.41) is 1.08. The van der Waals surface area contributed by atoms with Crippen molar-refractivity contribution in [1.82, 2.24) is 14.8 Å². The van der Waals surface area contributed by atoms with E-state index < -0.39 is 12.1 Å². The number of nitrogens with one attached hydrogen (secondary N) is 1. The summed E-state index contributed by atoms with van der Waals surface area (Å²) in [6.07, 6.45) is 3.48. The number of H-pyrrole nitrogens is 1. The second kappa shape index (κ2) is 9.76. The summed E-state index contributed by atoms with van der Waals surface area (Å²) in [7, 11) is 4.71. The van der Waals surface area contributed by atoms with E-state index in [9.17, 15) is 9.59 Å². The molecule has 2 aliphatic heterocycles. The lowest BCUT2D eigenvalue weighted by molar-refractivity contribution is -0.158. The molecule has 2 aliphatic rings. The van der Waals surface area contributed by atoms with Crippen LogP contribution in [-0.2, 0) is 16.0 Å². The lowest BCUT2D eigenvalue weighted by Gasteiger charge is -2.47. The van der Waals surface area contributed by atoms with Crippen molar-refractivity contribution in [3.8, 4) is 17.2 Å². The smallest absolute Gasteiger partial charge is 0.246 e. The third-order valence-electron chi connectivity index (χ3n) is 7.38. The molecule has 0 bridgehead atoms. The molecule has 0 aliphatic carbocycles. The van der Waals surface area contributed by atoms with Crippen LogP contribution in [0.5, 0.6) is 17.2 Å². The maximum atomic E-state index is 13.7. The third-order valence-corrected chi connectivity index (χ3v) is 7.38. The molecule has 36 heavy (non-hydrogen) atoms. The Morgan fingerprint density at radius 3 is 2.39 bits per heavy atom. The third kappa shape index (κ3) is 3.85. The zero-order valence-electron chi connectivity index (χ0n) is 21.3. The fourth-order valence-electron chi connectivity index (χ4n) is 5.67. The highest BCUT2D eigenvalue weighted by molar-refractivity contribution is 5.97. The summed E-state index contributed by atoms with van der Waals surface area (Å²) >= 11 is 0. The molecule has 3 heterocycles. The standard InChI is InChI=1S/C28H33N3O5/c1-5-6-9-12-30-16-24(32)31-21(28(30)33)15-19-18-10-7-8-11-20(18)29-25(19)26(31)17-13-22(34-2)27(36-4)23(14-17)35-3/h7-8,10-11,13-14,21,26,29H,5-6,9,12,15-16H2,1-4H3/t21-,26?/m0/s1. The minimum atomic E-state index is -0.566. The van der Waals surface area contributed by atoms with E-state index in [1.165, 1.54) is 0 Å². The number of unbranched alkanes of at least 4 members (excludes halogenated alkanes) is 2. The molecule has 0 saturated carbocycles. The molecule has 1 unspecified atom stereocenters. The van der Waals surface area contributed by atoms with Crippen LogP contribution < -0.4 is 14.2 Å². The average Bonchev–Trinajstić information content (AvgIpc) is 3.27. The van der Waals surface area contributed by atoms with Gasteiger partial charge in [-0.15, -0.1) is 0 Å². The van der Waals surface area contributed by atoms with Crippen molar-refractivity contribution in [3.05, 3.63) is 53.2 Å². The molecule has 1 fully saturated rings. The van der Waals surface area contributed by atoms with Crippen molar-refractivity contribution < 1.29 is 23.8 Å². The Bertz CT molecular complexity index is 1270. The Kier molecular flexibility index (Phi) is 6.51. The summed E-state index contributed by atoms with van der Waals surface area (Å²) in [6, 6.07) is 10.8. The number of methoxy groups -OCH3 is 3. The first-order chi connectivity index (χ1) is 17.5. The largest absolute Gasteiger partial charge is 0.493 e. The number of fused-ring (bicyclic) bond motifs is 4. The van der Waals surface area contributed by atoms with Gasteiger partial charge < -0.3 is 29.0 Å². The summed E-state index contributed by atoms with van der Waals surface area (Å²) in [5.41, 5.74) is 3.77.